The highest BCUT2D eigenvalue weighted by molar-refractivity contribution is 7.85. The highest BCUT2D eigenvalue weighted by Crippen LogP contribution is 1.95. The van der Waals surface area contributed by atoms with E-state index in [1.54, 1.807) is 0 Å². The van der Waals surface area contributed by atoms with Crippen LogP contribution in [0.4, 0.5) is 0 Å². The maximum atomic E-state index is 10.9. The summed E-state index contributed by atoms with van der Waals surface area (Å²) in [6.07, 6.45) is 3.13. The van der Waals surface area contributed by atoms with Crippen molar-refractivity contribution in [3.8, 4) is 0 Å². The summed E-state index contributed by atoms with van der Waals surface area (Å²) in [5.41, 5.74) is 0. The van der Waals surface area contributed by atoms with Crippen LogP contribution in [0.2, 0.25) is 0 Å². The molecule has 0 amide bonds. The zero-order chi connectivity index (χ0) is 12.8. The average Bonchev–Trinajstić information content (AvgIpc) is 2.45. The Labute approximate surface area is 93.1 Å². The van der Waals surface area contributed by atoms with Crippen LogP contribution in [0, 0.1) is 0 Å². The van der Waals surface area contributed by atoms with Crippen molar-refractivity contribution in [1.29, 1.82) is 0 Å². The molecule has 0 atom stereocenters. The fourth-order valence-electron chi connectivity index (χ4n) is 0.893. The van der Waals surface area contributed by atoms with Crippen LogP contribution in [0.15, 0.2) is 15.4 Å². The van der Waals surface area contributed by atoms with Crippen molar-refractivity contribution in [3.63, 3.8) is 0 Å². The summed E-state index contributed by atoms with van der Waals surface area (Å²) in [6, 6.07) is 0. The predicted octanol–water partition coefficient (Wildman–Crippen LogP) is -0.152. The van der Waals surface area contributed by atoms with E-state index in [0.29, 0.717) is 18.6 Å². The zero-order valence-corrected chi connectivity index (χ0v) is 9.90. The quantitative estimate of drug-likeness (QED) is 0.725. The first kappa shape index (κ1) is 14.9. The molecule has 16 heavy (non-hydrogen) atoms. The third-order valence-corrected chi connectivity index (χ3v) is 1.37. The van der Waals surface area contributed by atoms with Crippen LogP contribution in [0.5, 0.6) is 0 Å². The number of aryl methyl sites for hydroxylation is 1. The molecule has 0 aromatic carbocycles. The summed E-state index contributed by atoms with van der Waals surface area (Å²) in [5, 5.41) is 8.60. The van der Waals surface area contributed by atoms with E-state index in [1.165, 1.54) is 10.8 Å². The van der Waals surface area contributed by atoms with E-state index in [-0.39, 0.29) is 6.61 Å². The van der Waals surface area contributed by atoms with Crippen molar-refractivity contribution < 1.29 is 22.5 Å². The van der Waals surface area contributed by atoms with Crippen LogP contribution in [-0.2, 0) is 23.3 Å². The monoisotopic (exact) mass is 253 g/mol. The molecule has 1 heterocycles. The highest BCUT2D eigenvalue weighted by Gasteiger charge is 2.02. The Bertz CT molecular complexity index is 449. The Kier molecular flexibility index (Phi) is 6.01. The molecule has 94 valence electrons. The van der Waals surface area contributed by atoms with E-state index in [9.17, 15) is 13.2 Å². The van der Waals surface area contributed by atoms with E-state index >= 15 is 0 Å². The first-order chi connectivity index (χ1) is 7.27. The molecule has 8 heteroatoms. The van der Waals surface area contributed by atoms with Gasteiger partial charge in [0.2, 0.25) is 0 Å². The number of aliphatic hydroxyl groups excluding tert-OH is 1. The smallest absolute Gasteiger partial charge is 0.410 e. The molecule has 0 spiro atoms. The number of aromatic nitrogens is 1. The minimum Gasteiger partial charge on any atom is -0.410 e. The van der Waals surface area contributed by atoms with Gasteiger partial charge in [-0.05, 0) is 6.42 Å². The summed E-state index contributed by atoms with van der Waals surface area (Å²) >= 11 is 0. The van der Waals surface area contributed by atoms with Crippen LogP contribution in [0.1, 0.15) is 19.1 Å². The van der Waals surface area contributed by atoms with Crippen molar-refractivity contribution in [2.24, 2.45) is 0 Å². The van der Waals surface area contributed by atoms with Crippen LogP contribution in [0.3, 0.4) is 0 Å². The molecule has 0 aliphatic rings. The summed E-state index contributed by atoms with van der Waals surface area (Å²) in [7, 11) is -3.67. The lowest BCUT2D eigenvalue weighted by Crippen LogP contribution is -2.12. The molecule has 0 aliphatic carbocycles. The molecule has 0 bridgehead atoms. The SMILES string of the molecule is CCCn1cc(CO)oc1=O.CS(=O)(=O)O. The van der Waals surface area contributed by atoms with Gasteiger partial charge in [0.05, 0.1) is 12.5 Å². The molecule has 0 saturated heterocycles. The van der Waals surface area contributed by atoms with Gasteiger partial charge in [-0.2, -0.15) is 8.42 Å². The number of oxazole rings is 1. The van der Waals surface area contributed by atoms with Gasteiger partial charge >= 0.3 is 5.76 Å². The molecule has 0 fully saturated rings. The van der Waals surface area contributed by atoms with Gasteiger partial charge in [0.1, 0.15) is 6.61 Å². The Balaban J connectivity index is 0.000000385. The largest absolute Gasteiger partial charge is 0.419 e. The van der Waals surface area contributed by atoms with Crippen molar-refractivity contribution in [3.05, 3.63) is 22.5 Å². The lowest BCUT2D eigenvalue weighted by atomic mass is 10.5. The van der Waals surface area contributed by atoms with E-state index in [2.05, 4.69) is 4.42 Å². The van der Waals surface area contributed by atoms with Crippen molar-refractivity contribution in [1.82, 2.24) is 4.57 Å². The van der Waals surface area contributed by atoms with Gasteiger partial charge in [-0.1, -0.05) is 6.92 Å². The van der Waals surface area contributed by atoms with Crippen molar-refractivity contribution in [2.75, 3.05) is 6.26 Å². The number of hydrogen-bond acceptors (Lipinski definition) is 5. The van der Waals surface area contributed by atoms with Crippen LogP contribution >= 0.6 is 0 Å². The second-order valence-corrected chi connectivity index (χ2v) is 4.51. The molecule has 0 unspecified atom stereocenters. The summed E-state index contributed by atoms with van der Waals surface area (Å²) in [5.74, 6) is -0.0700. The van der Waals surface area contributed by atoms with Gasteiger partial charge < -0.3 is 9.52 Å². The molecular formula is C8H15NO6S. The molecule has 1 aromatic rings. The topological polar surface area (TPSA) is 110 Å². The van der Waals surface area contributed by atoms with E-state index in [4.69, 9.17) is 9.66 Å². The van der Waals surface area contributed by atoms with Gasteiger partial charge in [0.25, 0.3) is 10.1 Å². The molecular weight excluding hydrogens is 238 g/mol. The van der Waals surface area contributed by atoms with Gasteiger partial charge in [0.15, 0.2) is 5.76 Å². The van der Waals surface area contributed by atoms with E-state index in [1.807, 2.05) is 6.92 Å². The number of rotatable bonds is 3. The van der Waals surface area contributed by atoms with E-state index < -0.39 is 15.9 Å². The Morgan fingerprint density at radius 2 is 2.00 bits per heavy atom. The number of hydrogen-bond donors (Lipinski definition) is 2. The molecule has 1 rings (SSSR count). The molecule has 0 radical (unpaired) electrons. The molecule has 0 aliphatic heterocycles. The summed E-state index contributed by atoms with van der Waals surface area (Å²) in [6.45, 7) is 2.40. The normalized spacial score (nSPS) is 10.8. The average molecular weight is 253 g/mol. The van der Waals surface area contributed by atoms with Gasteiger partial charge in [-0.15, -0.1) is 0 Å². The third kappa shape index (κ3) is 7.21. The Hall–Kier alpha value is -1.12. The second kappa shape index (κ2) is 6.46. The van der Waals surface area contributed by atoms with Gasteiger partial charge in [-0.25, -0.2) is 4.79 Å². The maximum absolute atomic E-state index is 10.9. The zero-order valence-electron chi connectivity index (χ0n) is 9.08. The number of aliphatic hydroxyl groups is 1. The first-order valence-corrected chi connectivity index (χ1v) is 6.35. The lowest BCUT2D eigenvalue weighted by Gasteiger charge is -1.91. The molecule has 1 aromatic heterocycles. The third-order valence-electron chi connectivity index (χ3n) is 1.37. The minimum atomic E-state index is -3.67. The van der Waals surface area contributed by atoms with Crippen LogP contribution in [0.25, 0.3) is 0 Å². The molecule has 7 nitrogen and oxygen atoms in total. The van der Waals surface area contributed by atoms with Crippen LogP contribution < -0.4 is 5.76 Å². The fourth-order valence-corrected chi connectivity index (χ4v) is 0.893. The van der Waals surface area contributed by atoms with Gasteiger partial charge in [-0.3, -0.25) is 9.12 Å². The van der Waals surface area contributed by atoms with Crippen molar-refractivity contribution >= 4 is 10.1 Å². The second-order valence-electron chi connectivity index (χ2n) is 3.05. The summed E-state index contributed by atoms with van der Waals surface area (Å²) in [4.78, 5) is 10.9. The highest BCUT2D eigenvalue weighted by atomic mass is 32.2. The number of nitrogens with zero attached hydrogens (tertiary/aromatic N) is 1. The molecule has 0 saturated carbocycles. The van der Waals surface area contributed by atoms with Crippen molar-refractivity contribution in [2.45, 2.75) is 26.5 Å². The Morgan fingerprint density at radius 1 is 1.50 bits per heavy atom. The Morgan fingerprint density at radius 3 is 2.31 bits per heavy atom. The summed E-state index contributed by atoms with van der Waals surface area (Å²) < 4.78 is 32.0. The lowest BCUT2D eigenvalue weighted by molar-refractivity contribution is 0.243. The molecule has 2 N–H and O–H groups in total. The van der Waals surface area contributed by atoms with Crippen LogP contribution in [-0.4, -0.2) is 28.9 Å². The fraction of sp³-hybridized carbons (Fsp3) is 0.625. The maximum Gasteiger partial charge on any atom is 0.419 e. The predicted molar refractivity (Wildman–Crippen MR) is 56.7 cm³/mol. The minimum absolute atomic E-state index is 0.216. The first-order valence-electron chi connectivity index (χ1n) is 4.50. The van der Waals surface area contributed by atoms with E-state index in [0.717, 1.165) is 6.42 Å². The van der Waals surface area contributed by atoms with Gasteiger partial charge in [0, 0.05) is 6.54 Å². The standard InChI is InChI=1S/C7H11NO3.CH4O3S/c1-2-3-8-4-6(5-9)11-7(8)10;1-5(2,3)4/h4,9H,2-3,5H2,1H3;1H3,(H,2,3,4).